The number of methoxy groups -OCH3 is 1. The number of carbonyl (C=O) groups excluding carboxylic acids is 1. The van der Waals surface area contributed by atoms with Crippen molar-refractivity contribution < 1.29 is 9.53 Å². The lowest BCUT2D eigenvalue weighted by Crippen LogP contribution is -2.51. The predicted molar refractivity (Wildman–Crippen MR) is 94.3 cm³/mol. The highest BCUT2D eigenvalue weighted by molar-refractivity contribution is 5.81. The van der Waals surface area contributed by atoms with E-state index in [0.29, 0.717) is 11.8 Å². The minimum atomic E-state index is -0.211. The third kappa shape index (κ3) is 5.06. The standard InChI is InChI=1S/C17H29N5O2/c1-13(15(23)20-17(2,3)4)21-9-6-10-22(12-11-21)16-18-8-7-14(19-16)24-5/h7-8,13H,6,9-12H2,1-5H3,(H,20,23)/t13-/m0/s1. The van der Waals surface area contributed by atoms with Gasteiger partial charge in [-0.2, -0.15) is 4.98 Å². The third-order valence-electron chi connectivity index (χ3n) is 4.07. The highest BCUT2D eigenvalue weighted by Crippen LogP contribution is 2.16. The zero-order chi connectivity index (χ0) is 17.7. The number of hydrogen-bond acceptors (Lipinski definition) is 6. The summed E-state index contributed by atoms with van der Waals surface area (Å²) in [5.74, 6) is 1.33. The summed E-state index contributed by atoms with van der Waals surface area (Å²) in [4.78, 5) is 25.5. The largest absolute Gasteiger partial charge is 0.481 e. The Kier molecular flexibility index (Phi) is 5.99. The smallest absolute Gasteiger partial charge is 0.237 e. The molecule has 0 spiro atoms. The van der Waals surface area contributed by atoms with Gasteiger partial charge in [0.2, 0.25) is 17.7 Å². The van der Waals surface area contributed by atoms with E-state index in [1.165, 1.54) is 0 Å². The van der Waals surface area contributed by atoms with Crippen molar-refractivity contribution in [2.45, 2.75) is 45.7 Å². The normalized spacial score (nSPS) is 18.0. The number of nitrogens with zero attached hydrogens (tertiary/aromatic N) is 4. The number of ether oxygens (including phenoxy) is 1. The number of rotatable bonds is 4. The summed E-state index contributed by atoms with van der Waals surface area (Å²) < 4.78 is 5.17. The molecule has 0 aromatic carbocycles. The number of anilines is 1. The number of nitrogens with one attached hydrogen (secondary N) is 1. The van der Waals surface area contributed by atoms with Crippen LogP contribution >= 0.6 is 0 Å². The van der Waals surface area contributed by atoms with Gasteiger partial charge in [-0.25, -0.2) is 4.98 Å². The molecule has 1 saturated heterocycles. The van der Waals surface area contributed by atoms with Gasteiger partial charge in [0.25, 0.3) is 0 Å². The SMILES string of the molecule is COc1ccnc(N2CCCN([C@@H](C)C(=O)NC(C)(C)C)CC2)n1. The molecule has 0 bridgehead atoms. The van der Waals surface area contributed by atoms with Gasteiger partial charge in [0.1, 0.15) is 0 Å². The maximum atomic E-state index is 12.4. The van der Waals surface area contributed by atoms with Crippen molar-refractivity contribution in [2.24, 2.45) is 0 Å². The van der Waals surface area contributed by atoms with Gasteiger partial charge in [-0.05, 0) is 34.1 Å². The summed E-state index contributed by atoms with van der Waals surface area (Å²) in [5.41, 5.74) is -0.211. The molecule has 2 rings (SSSR count). The molecule has 7 heteroatoms. The van der Waals surface area contributed by atoms with Gasteiger partial charge >= 0.3 is 0 Å². The summed E-state index contributed by atoms with van der Waals surface area (Å²) in [6.07, 6.45) is 2.68. The first-order valence-corrected chi connectivity index (χ1v) is 8.48. The van der Waals surface area contributed by atoms with E-state index in [1.807, 2.05) is 27.7 Å². The molecule has 1 aliphatic heterocycles. The fourth-order valence-corrected chi connectivity index (χ4v) is 2.76. The van der Waals surface area contributed by atoms with Crippen molar-refractivity contribution in [1.29, 1.82) is 0 Å². The Bertz CT molecular complexity index is 558. The molecule has 24 heavy (non-hydrogen) atoms. The zero-order valence-corrected chi connectivity index (χ0v) is 15.4. The van der Waals surface area contributed by atoms with Crippen molar-refractivity contribution >= 4 is 11.9 Å². The van der Waals surface area contributed by atoms with Crippen LogP contribution in [-0.2, 0) is 4.79 Å². The molecule has 0 aliphatic carbocycles. The molecule has 1 fully saturated rings. The van der Waals surface area contributed by atoms with Crippen LogP contribution in [0.2, 0.25) is 0 Å². The molecular formula is C17H29N5O2. The first-order valence-electron chi connectivity index (χ1n) is 8.48. The van der Waals surface area contributed by atoms with Crippen LogP contribution in [-0.4, -0.2) is 65.6 Å². The average Bonchev–Trinajstić information content (AvgIpc) is 2.78. The Balaban J connectivity index is 1.98. The second-order valence-electron chi connectivity index (χ2n) is 7.19. The van der Waals surface area contributed by atoms with Crippen LogP contribution < -0.4 is 15.0 Å². The predicted octanol–water partition coefficient (Wildman–Crippen LogP) is 1.30. The molecule has 7 nitrogen and oxygen atoms in total. The van der Waals surface area contributed by atoms with Crippen molar-refractivity contribution in [2.75, 3.05) is 38.2 Å². The van der Waals surface area contributed by atoms with E-state index < -0.39 is 0 Å². The van der Waals surface area contributed by atoms with Gasteiger partial charge in [-0.3, -0.25) is 9.69 Å². The molecule has 1 aromatic heterocycles. The lowest BCUT2D eigenvalue weighted by molar-refractivity contribution is -0.127. The molecular weight excluding hydrogens is 306 g/mol. The van der Waals surface area contributed by atoms with Crippen LogP contribution in [0, 0.1) is 0 Å². The highest BCUT2D eigenvalue weighted by Gasteiger charge is 2.27. The van der Waals surface area contributed by atoms with Crippen molar-refractivity contribution in [3.63, 3.8) is 0 Å². The van der Waals surface area contributed by atoms with Crippen LogP contribution in [0.5, 0.6) is 5.88 Å². The third-order valence-corrected chi connectivity index (χ3v) is 4.07. The molecule has 1 atom stereocenters. The Morgan fingerprint density at radius 1 is 1.29 bits per heavy atom. The molecule has 0 saturated carbocycles. The average molecular weight is 335 g/mol. The Morgan fingerprint density at radius 3 is 2.71 bits per heavy atom. The summed E-state index contributed by atoms with van der Waals surface area (Å²) in [7, 11) is 1.60. The summed E-state index contributed by atoms with van der Waals surface area (Å²) in [6.45, 7) is 11.3. The fraction of sp³-hybridized carbons (Fsp3) is 0.706. The Hall–Kier alpha value is -1.89. The van der Waals surface area contributed by atoms with Gasteiger partial charge < -0.3 is 15.0 Å². The number of hydrogen-bond donors (Lipinski definition) is 1. The molecule has 1 aliphatic rings. The van der Waals surface area contributed by atoms with Gasteiger partial charge in [0.15, 0.2) is 0 Å². The maximum Gasteiger partial charge on any atom is 0.237 e. The van der Waals surface area contributed by atoms with E-state index in [2.05, 4.69) is 25.1 Å². The molecule has 2 heterocycles. The van der Waals surface area contributed by atoms with Crippen molar-refractivity contribution in [3.05, 3.63) is 12.3 Å². The second kappa shape index (κ2) is 7.79. The van der Waals surface area contributed by atoms with E-state index in [4.69, 9.17) is 4.74 Å². The Morgan fingerprint density at radius 2 is 2.04 bits per heavy atom. The van der Waals surface area contributed by atoms with E-state index in [9.17, 15) is 4.79 Å². The summed E-state index contributed by atoms with van der Waals surface area (Å²) in [6, 6.07) is 1.60. The quantitative estimate of drug-likeness (QED) is 0.894. The van der Waals surface area contributed by atoms with E-state index in [-0.39, 0.29) is 17.5 Å². The second-order valence-corrected chi connectivity index (χ2v) is 7.19. The monoisotopic (exact) mass is 335 g/mol. The maximum absolute atomic E-state index is 12.4. The van der Waals surface area contributed by atoms with Gasteiger partial charge in [0, 0.05) is 44.0 Å². The highest BCUT2D eigenvalue weighted by atomic mass is 16.5. The fourth-order valence-electron chi connectivity index (χ4n) is 2.76. The van der Waals surface area contributed by atoms with E-state index in [0.717, 1.165) is 32.6 Å². The van der Waals surface area contributed by atoms with Gasteiger partial charge in [-0.1, -0.05) is 0 Å². The lowest BCUT2D eigenvalue weighted by atomic mass is 10.1. The Labute approximate surface area is 144 Å². The number of amides is 1. The van der Waals surface area contributed by atoms with Crippen LogP contribution in [0.15, 0.2) is 12.3 Å². The van der Waals surface area contributed by atoms with Crippen LogP contribution in [0.4, 0.5) is 5.95 Å². The summed E-state index contributed by atoms with van der Waals surface area (Å²) in [5, 5.41) is 3.06. The molecule has 0 unspecified atom stereocenters. The van der Waals surface area contributed by atoms with E-state index >= 15 is 0 Å². The summed E-state index contributed by atoms with van der Waals surface area (Å²) >= 11 is 0. The van der Waals surface area contributed by atoms with Crippen LogP contribution in [0.3, 0.4) is 0 Å². The molecule has 1 aromatic rings. The van der Waals surface area contributed by atoms with Gasteiger partial charge in [0.05, 0.1) is 13.2 Å². The molecule has 0 radical (unpaired) electrons. The lowest BCUT2D eigenvalue weighted by Gasteiger charge is -2.30. The minimum Gasteiger partial charge on any atom is -0.481 e. The minimum absolute atomic E-state index is 0.0774. The van der Waals surface area contributed by atoms with Crippen LogP contribution in [0.25, 0.3) is 0 Å². The van der Waals surface area contributed by atoms with E-state index in [1.54, 1.807) is 19.4 Å². The first-order chi connectivity index (χ1) is 11.3. The molecule has 1 amide bonds. The first kappa shape index (κ1) is 18.4. The van der Waals surface area contributed by atoms with Crippen molar-refractivity contribution in [1.82, 2.24) is 20.2 Å². The molecule has 1 N–H and O–H groups in total. The topological polar surface area (TPSA) is 70.6 Å². The van der Waals surface area contributed by atoms with Gasteiger partial charge in [-0.15, -0.1) is 0 Å². The number of aromatic nitrogens is 2. The number of carbonyl (C=O) groups is 1. The van der Waals surface area contributed by atoms with Crippen LogP contribution in [0.1, 0.15) is 34.1 Å². The van der Waals surface area contributed by atoms with Crippen molar-refractivity contribution in [3.8, 4) is 5.88 Å². The zero-order valence-electron chi connectivity index (χ0n) is 15.4. The molecule has 134 valence electrons.